The van der Waals surface area contributed by atoms with E-state index in [2.05, 4.69) is 37.9 Å². The molecule has 0 aliphatic heterocycles. The molecular formula is C22H31NO5. The van der Waals surface area contributed by atoms with Crippen molar-refractivity contribution in [1.29, 1.82) is 0 Å². The Kier molecular flexibility index (Phi) is 9.85. The summed E-state index contributed by atoms with van der Waals surface area (Å²) >= 11 is 0. The summed E-state index contributed by atoms with van der Waals surface area (Å²) in [6.45, 7) is 9.53. The number of nitrogens with one attached hydrogen (secondary N) is 1. The Morgan fingerprint density at radius 3 is 2.64 bits per heavy atom. The average molecular weight is 389 g/mol. The fourth-order valence-corrected chi connectivity index (χ4v) is 2.40. The van der Waals surface area contributed by atoms with Gasteiger partial charge in [0.1, 0.15) is 0 Å². The van der Waals surface area contributed by atoms with Gasteiger partial charge in [0.15, 0.2) is 17.6 Å². The molecule has 2 N–H and O–H groups in total. The molecule has 0 saturated heterocycles. The van der Waals surface area contributed by atoms with Gasteiger partial charge in [-0.2, -0.15) is 0 Å². The number of hydrogen-bond acceptors (Lipinski definition) is 5. The first-order chi connectivity index (χ1) is 13.2. The number of amides is 1. The second-order valence-corrected chi connectivity index (χ2v) is 7.00. The smallest absolute Gasteiger partial charge is 0.333 e. The standard InChI is InChI=1S/C22H31NO5/c1-15(2)9-7-6-8-10-19(28-22(26)16(3)4)21(25)23-14-17-11-12-18(24)20(13-17)27-5/h7,9,11-13,15,19,24H,3,6,8,10,14H2,1-2,4-5H3,(H,23,25)/b9-7-. The predicted octanol–water partition coefficient (Wildman–Crippen LogP) is 3.89. The van der Waals surface area contributed by atoms with Crippen LogP contribution in [-0.2, 0) is 20.9 Å². The summed E-state index contributed by atoms with van der Waals surface area (Å²) in [5, 5.41) is 12.4. The average Bonchev–Trinajstić information content (AvgIpc) is 2.65. The van der Waals surface area contributed by atoms with Crippen molar-refractivity contribution in [2.45, 2.75) is 52.7 Å². The number of carbonyl (C=O) groups excluding carboxylic acids is 2. The molecule has 0 aromatic heterocycles. The highest BCUT2D eigenvalue weighted by Crippen LogP contribution is 2.26. The van der Waals surface area contributed by atoms with Crippen LogP contribution in [0.2, 0.25) is 0 Å². The van der Waals surface area contributed by atoms with Crippen molar-refractivity contribution in [2.75, 3.05) is 7.11 Å². The van der Waals surface area contributed by atoms with Crippen LogP contribution in [0.4, 0.5) is 0 Å². The summed E-state index contributed by atoms with van der Waals surface area (Å²) < 4.78 is 10.4. The number of phenols is 1. The molecule has 6 nitrogen and oxygen atoms in total. The number of allylic oxidation sites excluding steroid dienone is 2. The first-order valence-corrected chi connectivity index (χ1v) is 9.41. The van der Waals surface area contributed by atoms with Gasteiger partial charge in [0.25, 0.3) is 5.91 Å². The minimum absolute atomic E-state index is 0.0280. The lowest BCUT2D eigenvalue weighted by Crippen LogP contribution is -2.37. The summed E-state index contributed by atoms with van der Waals surface area (Å²) in [5.41, 5.74) is 1.01. The van der Waals surface area contributed by atoms with E-state index in [4.69, 9.17) is 9.47 Å². The molecule has 0 fully saturated rings. The summed E-state index contributed by atoms with van der Waals surface area (Å²) in [5.74, 6) is -0.115. The Hall–Kier alpha value is -2.76. The zero-order valence-corrected chi connectivity index (χ0v) is 17.2. The van der Waals surface area contributed by atoms with E-state index < -0.39 is 12.1 Å². The van der Waals surface area contributed by atoms with Gasteiger partial charge in [0.05, 0.1) is 7.11 Å². The van der Waals surface area contributed by atoms with Crippen molar-refractivity contribution in [1.82, 2.24) is 5.32 Å². The number of methoxy groups -OCH3 is 1. The third-order valence-corrected chi connectivity index (χ3v) is 3.96. The van der Waals surface area contributed by atoms with Crippen molar-refractivity contribution in [3.63, 3.8) is 0 Å². The second kappa shape index (κ2) is 11.8. The largest absolute Gasteiger partial charge is 0.504 e. The summed E-state index contributed by atoms with van der Waals surface area (Å²) in [6.07, 6.45) is 5.25. The number of rotatable bonds is 11. The van der Waals surface area contributed by atoms with E-state index >= 15 is 0 Å². The van der Waals surface area contributed by atoms with Gasteiger partial charge in [-0.25, -0.2) is 4.79 Å². The van der Waals surface area contributed by atoms with E-state index in [9.17, 15) is 14.7 Å². The topological polar surface area (TPSA) is 84.9 Å². The van der Waals surface area contributed by atoms with Crippen molar-refractivity contribution in [3.8, 4) is 11.5 Å². The Bertz CT molecular complexity index is 709. The zero-order chi connectivity index (χ0) is 21.1. The molecule has 1 atom stereocenters. The molecule has 0 heterocycles. The lowest BCUT2D eigenvalue weighted by atomic mass is 10.1. The van der Waals surface area contributed by atoms with Gasteiger partial charge in [-0.1, -0.05) is 38.6 Å². The van der Waals surface area contributed by atoms with Gasteiger partial charge < -0.3 is 19.9 Å². The third-order valence-electron chi connectivity index (χ3n) is 3.96. The molecule has 1 aromatic rings. The number of ether oxygens (including phenoxy) is 2. The lowest BCUT2D eigenvalue weighted by molar-refractivity contribution is -0.152. The van der Waals surface area contributed by atoms with Crippen molar-refractivity contribution in [2.24, 2.45) is 5.92 Å². The molecule has 0 bridgehead atoms. The molecule has 0 aliphatic carbocycles. The number of aromatic hydroxyl groups is 1. The van der Waals surface area contributed by atoms with Crippen LogP contribution < -0.4 is 10.1 Å². The minimum atomic E-state index is -0.879. The van der Waals surface area contributed by atoms with Gasteiger partial charge in [0.2, 0.25) is 0 Å². The monoisotopic (exact) mass is 389 g/mol. The molecule has 0 saturated carbocycles. The Morgan fingerprint density at radius 1 is 1.32 bits per heavy atom. The summed E-state index contributed by atoms with van der Waals surface area (Å²) in [4.78, 5) is 24.4. The van der Waals surface area contributed by atoms with Gasteiger partial charge >= 0.3 is 5.97 Å². The van der Waals surface area contributed by atoms with Gasteiger partial charge in [-0.15, -0.1) is 0 Å². The van der Waals surface area contributed by atoms with Crippen LogP contribution in [0, 0.1) is 5.92 Å². The highest BCUT2D eigenvalue weighted by molar-refractivity contribution is 5.90. The maximum Gasteiger partial charge on any atom is 0.333 e. The summed E-state index contributed by atoms with van der Waals surface area (Å²) in [6, 6.07) is 4.82. The van der Waals surface area contributed by atoms with Crippen LogP contribution in [0.1, 0.15) is 45.6 Å². The molecule has 1 rings (SSSR count). The quantitative estimate of drug-likeness (QED) is 0.260. The highest BCUT2D eigenvalue weighted by Gasteiger charge is 2.22. The lowest BCUT2D eigenvalue weighted by Gasteiger charge is -2.18. The van der Waals surface area contributed by atoms with E-state index in [1.165, 1.54) is 13.2 Å². The Balaban J connectivity index is 2.69. The fraction of sp³-hybridized carbons (Fsp3) is 0.455. The van der Waals surface area contributed by atoms with E-state index in [0.29, 0.717) is 18.1 Å². The number of benzene rings is 1. The Labute approximate surface area is 167 Å². The number of hydrogen-bond donors (Lipinski definition) is 2. The van der Waals surface area contributed by atoms with Crippen LogP contribution in [0.5, 0.6) is 11.5 Å². The number of esters is 1. The Morgan fingerprint density at radius 2 is 2.04 bits per heavy atom. The maximum atomic E-state index is 12.6. The SMILES string of the molecule is C=C(C)C(=O)OC(CCC/C=C\C(C)C)C(=O)NCc1ccc(O)c(OC)c1. The molecule has 154 valence electrons. The van der Waals surface area contributed by atoms with Crippen LogP contribution >= 0.6 is 0 Å². The minimum Gasteiger partial charge on any atom is -0.504 e. The van der Waals surface area contributed by atoms with Crippen molar-refractivity contribution in [3.05, 3.63) is 48.1 Å². The molecule has 0 spiro atoms. The molecule has 6 heteroatoms. The highest BCUT2D eigenvalue weighted by atomic mass is 16.5. The fourth-order valence-electron chi connectivity index (χ4n) is 2.40. The molecule has 28 heavy (non-hydrogen) atoms. The van der Waals surface area contributed by atoms with E-state index in [1.807, 2.05) is 0 Å². The van der Waals surface area contributed by atoms with Crippen molar-refractivity contribution < 1.29 is 24.2 Å². The molecule has 1 aromatic carbocycles. The van der Waals surface area contributed by atoms with E-state index in [1.54, 1.807) is 19.1 Å². The maximum absolute atomic E-state index is 12.6. The van der Waals surface area contributed by atoms with Crippen LogP contribution in [0.15, 0.2) is 42.5 Å². The third kappa shape index (κ3) is 8.29. The van der Waals surface area contributed by atoms with Crippen LogP contribution in [0.25, 0.3) is 0 Å². The predicted molar refractivity (Wildman–Crippen MR) is 109 cm³/mol. The van der Waals surface area contributed by atoms with Crippen molar-refractivity contribution >= 4 is 11.9 Å². The second-order valence-electron chi connectivity index (χ2n) is 7.00. The number of carbonyl (C=O) groups is 2. The molecule has 1 unspecified atom stereocenters. The first-order valence-electron chi connectivity index (χ1n) is 9.41. The molecule has 1 amide bonds. The van der Waals surface area contributed by atoms with Gasteiger partial charge in [-0.05, 0) is 49.8 Å². The van der Waals surface area contributed by atoms with Gasteiger partial charge in [0, 0.05) is 12.1 Å². The molecule has 0 aliphatic rings. The normalized spacial score (nSPS) is 12.0. The molecular weight excluding hydrogens is 358 g/mol. The number of phenolic OH excluding ortho intramolecular Hbond substituents is 1. The van der Waals surface area contributed by atoms with E-state index in [-0.39, 0.29) is 23.8 Å². The van der Waals surface area contributed by atoms with E-state index in [0.717, 1.165) is 18.4 Å². The zero-order valence-electron chi connectivity index (χ0n) is 17.2. The van der Waals surface area contributed by atoms with Crippen LogP contribution in [0.3, 0.4) is 0 Å². The first kappa shape index (κ1) is 23.3. The summed E-state index contributed by atoms with van der Waals surface area (Å²) in [7, 11) is 1.46. The van der Waals surface area contributed by atoms with Gasteiger partial charge in [-0.3, -0.25) is 4.79 Å². The number of unbranched alkanes of at least 4 members (excludes halogenated alkanes) is 1. The molecule has 0 radical (unpaired) electrons. The van der Waals surface area contributed by atoms with Crippen LogP contribution in [-0.4, -0.2) is 30.2 Å².